The van der Waals surface area contributed by atoms with E-state index in [0.29, 0.717) is 6.04 Å². The molecule has 1 N–H and O–H groups in total. The number of rotatable bonds is 3. The van der Waals surface area contributed by atoms with E-state index >= 15 is 0 Å². The Balaban J connectivity index is 2.33. The molecule has 0 saturated carbocycles. The van der Waals surface area contributed by atoms with Crippen molar-refractivity contribution in [3.05, 3.63) is 12.7 Å². The third-order valence-corrected chi connectivity index (χ3v) is 2.47. The van der Waals surface area contributed by atoms with Gasteiger partial charge in [-0.15, -0.1) is 0 Å². The van der Waals surface area contributed by atoms with Gasteiger partial charge in [-0.25, -0.2) is 4.79 Å². The minimum absolute atomic E-state index is 0.253. The van der Waals surface area contributed by atoms with Gasteiger partial charge in [-0.3, -0.25) is 0 Å². The van der Waals surface area contributed by atoms with E-state index < -0.39 is 0 Å². The zero-order chi connectivity index (χ0) is 10.4. The molecule has 0 aromatic rings. The lowest BCUT2D eigenvalue weighted by Gasteiger charge is -2.30. The molecule has 4 nitrogen and oxygen atoms in total. The minimum Gasteiger partial charge on any atom is -0.445 e. The number of hydrogen-bond donors (Lipinski definition) is 1. The van der Waals surface area contributed by atoms with Crippen LogP contribution in [0.5, 0.6) is 0 Å². The van der Waals surface area contributed by atoms with Gasteiger partial charge in [0.1, 0.15) is 6.61 Å². The summed E-state index contributed by atoms with van der Waals surface area (Å²) in [6.07, 6.45) is 3.32. The number of nitrogens with zero attached hydrogens (tertiary/aromatic N) is 1. The maximum atomic E-state index is 11.4. The lowest BCUT2D eigenvalue weighted by Crippen LogP contribution is -2.44. The average molecular weight is 198 g/mol. The maximum Gasteiger partial charge on any atom is 0.410 e. The van der Waals surface area contributed by atoms with E-state index in [4.69, 9.17) is 4.74 Å². The molecule has 1 heterocycles. The second kappa shape index (κ2) is 5.65. The Morgan fingerprint density at radius 1 is 1.64 bits per heavy atom. The highest BCUT2D eigenvalue weighted by Crippen LogP contribution is 2.10. The number of carbonyl (C=O) groups excluding carboxylic acids is 1. The van der Waals surface area contributed by atoms with Crippen molar-refractivity contribution in [3.8, 4) is 0 Å². The molecule has 1 aliphatic heterocycles. The quantitative estimate of drug-likeness (QED) is 0.688. The van der Waals surface area contributed by atoms with Gasteiger partial charge in [0.25, 0.3) is 0 Å². The van der Waals surface area contributed by atoms with Crippen LogP contribution in [0, 0.1) is 0 Å². The third kappa shape index (κ3) is 3.03. The minimum atomic E-state index is -0.253. The Labute approximate surface area is 84.9 Å². The summed E-state index contributed by atoms with van der Waals surface area (Å²) in [5, 5.41) is 3.26. The molecule has 1 fully saturated rings. The lowest BCUT2D eigenvalue weighted by atomic mass is 10.1. The van der Waals surface area contributed by atoms with Crippen molar-refractivity contribution in [2.24, 2.45) is 0 Å². The molecule has 4 heteroatoms. The standard InChI is InChI=1S/C10H18N2O2/c1-3-8-14-10(13)12(2)9-4-6-11-7-5-9/h3,9,11H,1,4-8H2,2H3. The van der Waals surface area contributed by atoms with Crippen LogP contribution in [0.2, 0.25) is 0 Å². The van der Waals surface area contributed by atoms with E-state index in [-0.39, 0.29) is 12.7 Å². The molecule has 0 atom stereocenters. The molecule has 1 saturated heterocycles. The van der Waals surface area contributed by atoms with Gasteiger partial charge in [-0.1, -0.05) is 12.7 Å². The number of nitrogens with one attached hydrogen (secondary N) is 1. The largest absolute Gasteiger partial charge is 0.445 e. The smallest absolute Gasteiger partial charge is 0.410 e. The fraction of sp³-hybridized carbons (Fsp3) is 0.700. The summed E-state index contributed by atoms with van der Waals surface area (Å²) in [6, 6.07) is 0.313. The van der Waals surface area contributed by atoms with Crippen molar-refractivity contribution < 1.29 is 9.53 Å². The Morgan fingerprint density at radius 3 is 2.86 bits per heavy atom. The monoisotopic (exact) mass is 198 g/mol. The van der Waals surface area contributed by atoms with Gasteiger partial charge in [0.05, 0.1) is 0 Å². The molecular formula is C10H18N2O2. The Bertz CT molecular complexity index is 200. The van der Waals surface area contributed by atoms with Crippen molar-refractivity contribution in [1.82, 2.24) is 10.2 Å². The molecule has 0 radical (unpaired) electrons. The second-order valence-corrected chi connectivity index (χ2v) is 3.46. The number of amides is 1. The summed E-state index contributed by atoms with van der Waals surface area (Å²) < 4.78 is 4.95. The fourth-order valence-corrected chi connectivity index (χ4v) is 1.58. The maximum absolute atomic E-state index is 11.4. The molecule has 0 aromatic carbocycles. The second-order valence-electron chi connectivity index (χ2n) is 3.46. The van der Waals surface area contributed by atoms with Crippen LogP contribution in [0.3, 0.4) is 0 Å². The van der Waals surface area contributed by atoms with Gasteiger partial charge in [0.2, 0.25) is 0 Å². The van der Waals surface area contributed by atoms with Gasteiger partial charge < -0.3 is 15.0 Å². The van der Waals surface area contributed by atoms with Gasteiger partial charge in [-0.05, 0) is 25.9 Å². The first-order valence-electron chi connectivity index (χ1n) is 4.97. The highest BCUT2D eigenvalue weighted by molar-refractivity contribution is 5.67. The van der Waals surface area contributed by atoms with Gasteiger partial charge in [-0.2, -0.15) is 0 Å². The summed E-state index contributed by atoms with van der Waals surface area (Å²) in [7, 11) is 1.79. The Kier molecular flexibility index (Phi) is 4.46. The lowest BCUT2D eigenvalue weighted by molar-refractivity contribution is 0.0994. The van der Waals surface area contributed by atoms with E-state index in [9.17, 15) is 4.79 Å². The Hall–Kier alpha value is -1.03. The fourth-order valence-electron chi connectivity index (χ4n) is 1.58. The van der Waals surface area contributed by atoms with E-state index in [1.54, 1.807) is 18.0 Å². The molecule has 0 aromatic heterocycles. The van der Waals surface area contributed by atoms with Crippen molar-refractivity contribution >= 4 is 6.09 Å². The van der Waals surface area contributed by atoms with Gasteiger partial charge >= 0.3 is 6.09 Å². The summed E-state index contributed by atoms with van der Waals surface area (Å²) in [5.74, 6) is 0. The van der Waals surface area contributed by atoms with Crippen LogP contribution < -0.4 is 5.32 Å². The highest BCUT2D eigenvalue weighted by atomic mass is 16.6. The van der Waals surface area contributed by atoms with Crippen LogP contribution in [0.25, 0.3) is 0 Å². The van der Waals surface area contributed by atoms with Gasteiger partial charge in [0.15, 0.2) is 0 Å². The van der Waals surface area contributed by atoms with E-state index in [1.807, 2.05) is 0 Å². The molecule has 80 valence electrons. The molecule has 1 amide bonds. The first-order valence-corrected chi connectivity index (χ1v) is 4.97. The van der Waals surface area contributed by atoms with E-state index in [0.717, 1.165) is 25.9 Å². The molecule has 1 aliphatic rings. The normalized spacial score (nSPS) is 17.5. The molecule has 0 bridgehead atoms. The van der Waals surface area contributed by atoms with Crippen molar-refractivity contribution in [3.63, 3.8) is 0 Å². The van der Waals surface area contributed by atoms with Crippen molar-refractivity contribution in [2.45, 2.75) is 18.9 Å². The van der Waals surface area contributed by atoms with Crippen molar-refractivity contribution in [2.75, 3.05) is 26.7 Å². The van der Waals surface area contributed by atoms with Crippen LogP contribution in [-0.2, 0) is 4.74 Å². The summed E-state index contributed by atoms with van der Waals surface area (Å²) in [5.41, 5.74) is 0. The van der Waals surface area contributed by atoms with E-state index in [1.165, 1.54) is 0 Å². The number of carbonyl (C=O) groups is 1. The van der Waals surface area contributed by atoms with Crippen LogP contribution in [0.4, 0.5) is 4.79 Å². The first-order chi connectivity index (χ1) is 6.75. The highest BCUT2D eigenvalue weighted by Gasteiger charge is 2.22. The number of piperidine rings is 1. The number of ether oxygens (including phenoxy) is 1. The molecular weight excluding hydrogens is 180 g/mol. The van der Waals surface area contributed by atoms with Crippen LogP contribution in [0.15, 0.2) is 12.7 Å². The molecule has 14 heavy (non-hydrogen) atoms. The van der Waals surface area contributed by atoms with Crippen LogP contribution in [0.1, 0.15) is 12.8 Å². The molecule has 0 spiro atoms. The Morgan fingerprint density at radius 2 is 2.29 bits per heavy atom. The van der Waals surface area contributed by atoms with Crippen LogP contribution in [-0.4, -0.2) is 43.8 Å². The summed E-state index contributed by atoms with van der Waals surface area (Å²) >= 11 is 0. The molecule has 1 rings (SSSR count). The summed E-state index contributed by atoms with van der Waals surface area (Å²) in [4.78, 5) is 13.1. The summed E-state index contributed by atoms with van der Waals surface area (Å²) in [6.45, 7) is 5.74. The van der Waals surface area contributed by atoms with Crippen LogP contribution >= 0.6 is 0 Å². The first kappa shape index (κ1) is 11.0. The van der Waals surface area contributed by atoms with Gasteiger partial charge in [0, 0.05) is 13.1 Å². The topological polar surface area (TPSA) is 41.6 Å². The average Bonchev–Trinajstić information content (AvgIpc) is 2.26. The third-order valence-electron chi connectivity index (χ3n) is 2.47. The zero-order valence-electron chi connectivity index (χ0n) is 8.66. The molecule has 0 unspecified atom stereocenters. The number of hydrogen-bond acceptors (Lipinski definition) is 3. The zero-order valence-corrected chi connectivity index (χ0v) is 8.66. The van der Waals surface area contributed by atoms with E-state index in [2.05, 4.69) is 11.9 Å². The SMILES string of the molecule is C=CCOC(=O)N(C)C1CCNCC1. The predicted molar refractivity (Wildman–Crippen MR) is 55.2 cm³/mol. The predicted octanol–water partition coefficient (Wildman–Crippen LogP) is 0.993. The van der Waals surface area contributed by atoms with Crippen molar-refractivity contribution in [1.29, 1.82) is 0 Å². The molecule has 0 aliphatic carbocycles.